The van der Waals surface area contributed by atoms with Gasteiger partial charge in [-0.1, -0.05) is 35.6 Å². The van der Waals surface area contributed by atoms with Crippen LogP contribution in [0.5, 0.6) is 0 Å². The molecule has 3 N–H and O–H groups in total. The Bertz CT molecular complexity index is 1150. The van der Waals surface area contributed by atoms with Crippen LogP contribution in [-0.2, 0) is 9.59 Å². The Balaban J connectivity index is 1.58. The van der Waals surface area contributed by atoms with E-state index < -0.39 is 29.8 Å². The molecule has 0 aliphatic carbocycles. The molecule has 3 rings (SSSR count). The molecule has 2 aromatic carbocycles. The molecule has 1 unspecified atom stereocenters. The lowest BCUT2D eigenvalue weighted by atomic mass is 10.0. The zero-order valence-corrected chi connectivity index (χ0v) is 18.2. The Morgan fingerprint density at radius 3 is 2.76 bits per heavy atom. The van der Waals surface area contributed by atoms with Crippen LogP contribution < -0.4 is 5.32 Å². The largest absolute Gasteiger partial charge is 0.380 e. The van der Waals surface area contributed by atoms with Gasteiger partial charge in [0, 0.05) is 17.1 Å². The van der Waals surface area contributed by atoms with Crippen molar-refractivity contribution in [3.05, 3.63) is 70.0 Å². The van der Waals surface area contributed by atoms with Gasteiger partial charge >= 0.3 is 0 Å². The second-order valence-corrected chi connectivity index (χ2v) is 7.90. The van der Waals surface area contributed by atoms with E-state index >= 15 is 0 Å². The number of nitrogens with zero attached hydrogens (tertiary/aromatic N) is 2. The number of hydrogen-bond acceptors (Lipinski definition) is 5. The monoisotopic (exact) mass is 469 g/mol. The van der Waals surface area contributed by atoms with Gasteiger partial charge in [0.15, 0.2) is 12.2 Å². The summed E-state index contributed by atoms with van der Waals surface area (Å²) in [6.45, 7) is 0.195. The number of aliphatic hydroxyl groups is 2. The molecule has 9 heteroatoms. The number of halogens is 2. The van der Waals surface area contributed by atoms with E-state index in [-0.39, 0.29) is 18.2 Å². The number of rotatable bonds is 5. The van der Waals surface area contributed by atoms with Crippen LogP contribution in [0, 0.1) is 29.0 Å². The standard InChI is InChI=1S/C24H21ClFN3O4/c25-18-6-1-5-16(13-18)20-7-3-11-29(20)24(33)22(31)21(30)23(32)28-10-2-4-15-8-9-19(26)17(12-15)14-27/h1,5-6,8-9,12-13,20-22,30-31H,3,7,10-11H2,(H,28,32)/t20?,21-,22-/m1/s1. The number of nitriles is 1. The van der Waals surface area contributed by atoms with E-state index in [9.17, 15) is 24.2 Å². The van der Waals surface area contributed by atoms with Crippen LogP contribution in [-0.4, -0.2) is 52.2 Å². The quantitative estimate of drug-likeness (QED) is 0.579. The van der Waals surface area contributed by atoms with Crippen LogP contribution in [0.25, 0.3) is 0 Å². The van der Waals surface area contributed by atoms with Gasteiger partial charge in [0.2, 0.25) is 0 Å². The van der Waals surface area contributed by atoms with Gasteiger partial charge in [-0.2, -0.15) is 5.26 Å². The highest BCUT2D eigenvalue weighted by molar-refractivity contribution is 6.30. The number of carbonyl (C=O) groups excluding carboxylic acids is 2. The average molecular weight is 470 g/mol. The van der Waals surface area contributed by atoms with Gasteiger partial charge in [0.25, 0.3) is 11.8 Å². The minimum absolute atomic E-state index is 0.152. The summed E-state index contributed by atoms with van der Waals surface area (Å²) in [4.78, 5) is 26.4. The molecule has 1 aliphatic heterocycles. The molecule has 0 aromatic heterocycles. The normalized spacial score (nSPS) is 16.8. The predicted molar refractivity (Wildman–Crippen MR) is 118 cm³/mol. The molecule has 1 fully saturated rings. The molecule has 33 heavy (non-hydrogen) atoms. The first kappa shape index (κ1) is 24.2. The summed E-state index contributed by atoms with van der Waals surface area (Å²) in [6, 6.07) is 12.2. The summed E-state index contributed by atoms with van der Waals surface area (Å²) in [5.74, 6) is 2.89. The zero-order chi connectivity index (χ0) is 24.0. The Morgan fingerprint density at radius 2 is 2.03 bits per heavy atom. The summed E-state index contributed by atoms with van der Waals surface area (Å²) in [5, 5.41) is 32.2. The van der Waals surface area contributed by atoms with Crippen molar-refractivity contribution in [3.8, 4) is 17.9 Å². The van der Waals surface area contributed by atoms with Crippen LogP contribution in [0.3, 0.4) is 0 Å². The molecule has 170 valence electrons. The van der Waals surface area contributed by atoms with E-state index in [1.807, 2.05) is 6.07 Å². The van der Waals surface area contributed by atoms with Crippen LogP contribution in [0.15, 0.2) is 42.5 Å². The SMILES string of the molecule is N#Cc1cc(C#CCNC(=O)[C@H](O)[C@@H](O)C(=O)N2CCCC2c2cccc(Cl)c2)ccc1F. The molecule has 2 amide bonds. The van der Waals surface area contributed by atoms with E-state index in [4.69, 9.17) is 16.9 Å². The van der Waals surface area contributed by atoms with Crippen LogP contribution in [0.1, 0.15) is 35.6 Å². The molecule has 3 atom stereocenters. The van der Waals surface area contributed by atoms with Gasteiger partial charge in [0.1, 0.15) is 11.9 Å². The first-order chi connectivity index (χ1) is 15.8. The number of aliphatic hydroxyl groups excluding tert-OH is 2. The molecule has 0 radical (unpaired) electrons. The minimum Gasteiger partial charge on any atom is -0.380 e. The number of nitrogens with one attached hydrogen (secondary N) is 1. The van der Waals surface area contributed by atoms with Crippen molar-refractivity contribution in [2.75, 3.05) is 13.1 Å². The van der Waals surface area contributed by atoms with Gasteiger partial charge in [-0.25, -0.2) is 4.39 Å². The zero-order valence-electron chi connectivity index (χ0n) is 17.5. The topological polar surface area (TPSA) is 114 Å². The maximum Gasteiger partial charge on any atom is 0.255 e. The third-order valence-corrected chi connectivity index (χ3v) is 5.50. The molecule has 0 spiro atoms. The fourth-order valence-corrected chi connectivity index (χ4v) is 3.81. The highest BCUT2D eigenvalue weighted by Crippen LogP contribution is 2.33. The van der Waals surface area contributed by atoms with Crippen molar-refractivity contribution < 1.29 is 24.2 Å². The summed E-state index contributed by atoms with van der Waals surface area (Å²) in [6.07, 6.45) is -2.53. The average Bonchev–Trinajstić information content (AvgIpc) is 3.31. The van der Waals surface area contributed by atoms with E-state index in [1.165, 1.54) is 17.0 Å². The summed E-state index contributed by atoms with van der Waals surface area (Å²) < 4.78 is 13.3. The number of likely N-dealkylation sites (tertiary alicyclic amines) is 1. The fourth-order valence-electron chi connectivity index (χ4n) is 3.61. The van der Waals surface area contributed by atoms with E-state index in [1.54, 1.807) is 24.3 Å². The minimum atomic E-state index is -1.98. The highest BCUT2D eigenvalue weighted by atomic mass is 35.5. The summed E-state index contributed by atoms with van der Waals surface area (Å²) in [7, 11) is 0. The predicted octanol–water partition coefficient (Wildman–Crippen LogP) is 1.90. The molecule has 0 saturated carbocycles. The van der Waals surface area contributed by atoms with Crippen molar-refractivity contribution in [1.82, 2.24) is 10.2 Å². The second kappa shape index (κ2) is 10.9. The van der Waals surface area contributed by atoms with E-state index in [0.29, 0.717) is 30.0 Å². The first-order valence-corrected chi connectivity index (χ1v) is 10.6. The first-order valence-electron chi connectivity index (χ1n) is 10.2. The van der Waals surface area contributed by atoms with Crippen LogP contribution in [0.2, 0.25) is 5.02 Å². The maximum atomic E-state index is 13.3. The number of benzene rings is 2. The maximum absolute atomic E-state index is 13.3. The van der Waals surface area contributed by atoms with Crippen LogP contribution >= 0.6 is 11.6 Å². The van der Waals surface area contributed by atoms with Gasteiger partial charge in [-0.15, -0.1) is 0 Å². The molecular weight excluding hydrogens is 449 g/mol. The number of amides is 2. The van der Waals surface area contributed by atoms with Gasteiger partial charge in [-0.05, 0) is 48.7 Å². The highest BCUT2D eigenvalue weighted by Gasteiger charge is 2.38. The lowest BCUT2D eigenvalue weighted by molar-refractivity contribution is -0.153. The van der Waals surface area contributed by atoms with Gasteiger partial charge < -0.3 is 20.4 Å². The molecule has 1 heterocycles. The van der Waals surface area contributed by atoms with Crippen LogP contribution in [0.4, 0.5) is 4.39 Å². The van der Waals surface area contributed by atoms with Gasteiger partial charge in [-0.3, -0.25) is 9.59 Å². The van der Waals surface area contributed by atoms with Gasteiger partial charge in [0.05, 0.1) is 18.2 Å². The molecule has 7 nitrogen and oxygen atoms in total. The molecular formula is C24H21ClFN3O4. The Kier molecular flexibility index (Phi) is 8.02. The fraction of sp³-hybridized carbons (Fsp3) is 0.292. The van der Waals surface area contributed by atoms with Crippen molar-refractivity contribution >= 4 is 23.4 Å². The lowest BCUT2D eigenvalue weighted by Gasteiger charge is -2.28. The van der Waals surface area contributed by atoms with Crippen molar-refractivity contribution in [1.29, 1.82) is 5.26 Å². The van der Waals surface area contributed by atoms with E-state index in [0.717, 1.165) is 11.6 Å². The Labute approximate surface area is 195 Å². The summed E-state index contributed by atoms with van der Waals surface area (Å²) >= 11 is 6.04. The number of hydrogen-bond donors (Lipinski definition) is 3. The molecule has 2 aromatic rings. The molecule has 0 bridgehead atoms. The molecule has 1 saturated heterocycles. The Hall–Kier alpha value is -3.43. The van der Waals surface area contributed by atoms with Crippen molar-refractivity contribution in [3.63, 3.8) is 0 Å². The smallest absolute Gasteiger partial charge is 0.255 e. The lowest BCUT2D eigenvalue weighted by Crippen LogP contribution is -2.50. The van der Waals surface area contributed by atoms with Crippen molar-refractivity contribution in [2.45, 2.75) is 31.1 Å². The van der Waals surface area contributed by atoms with E-state index in [2.05, 4.69) is 17.2 Å². The van der Waals surface area contributed by atoms with Crippen molar-refractivity contribution in [2.24, 2.45) is 0 Å². The third-order valence-electron chi connectivity index (χ3n) is 5.26. The third kappa shape index (κ3) is 5.88. The molecule has 1 aliphatic rings. The Morgan fingerprint density at radius 1 is 1.24 bits per heavy atom. The second-order valence-electron chi connectivity index (χ2n) is 7.46. The summed E-state index contributed by atoms with van der Waals surface area (Å²) in [5.41, 5.74) is 1.04. The number of carbonyl (C=O) groups is 2.